The van der Waals surface area contributed by atoms with Gasteiger partial charge in [-0.15, -0.1) is 0 Å². The van der Waals surface area contributed by atoms with E-state index in [0.29, 0.717) is 10.7 Å². The van der Waals surface area contributed by atoms with E-state index in [-0.39, 0.29) is 0 Å². The van der Waals surface area contributed by atoms with E-state index in [1.54, 1.807) is 12.1 Å². The lowest BCUT2D eigenvalue weighted by Gasteiger charge is -2.10. The van der Waals surface area contributed by atoms with E-state index in [9.17, 15) is 13.2 Å². The predicted molar refractivity (Wildman–Crippen MR) is 50.7 cm³/mol. The summed E-state index contributed by atoms with van der Waals surface area (Å²) in [4.78, 5) is 0. The number of rotatable bonds is 2. The van der Waals surface area contributed by atoms with Gasteiger partial charge < -0.3 is 5.32 Å². The number of anilines is 1. The first-order valence-electron chi connectivity index (χ1n) is 3.95. The van der Waals surface area contributed by atoms with Crippen molar-refractivity contribution >= 4 is 17.3 Å². The molecule has 0 aliphatic rings. The number of benzene rings is 1. The molecule has 0 aliphatic carbocycles. The molecule has 0 atom stereocenters. The summed E-state index contributed by atoms with van der Waals surface area (Å²) in [5, 5.41) is 2.52. The average molecular weight is 224 g/mol. The Morgan fingerprint density at radius 2 is 2.00 bits per heavy atom. The van der Waals surface area contributed by atoms with E-state index in [4.69, 9.17) is 11.6 Å². The molecular formula is C9H9ClF3N. The molecule has 1 aromatic rings. The Morgan fingerprint density at radius 3 is 2.50 bits per heavy atom. The molecule has 5 heteroatoms. The van der Waals surface area contributed by atoms with Gasteiger partial charge in [0.25, 0.3) is 0 Å². The standard InChI is InChI=1S/C9H9ClF3N/c1-6-2-3-8(7(10)4-6)14-5-9(11,12)13/h2-4,14H,5H2,1H3. The molecule has 0 heterocycles. The molecule has 14 heavy (non-hydrogen) atoms. The number of hydrogen-bond acceptors (Lipinski definition) is 1. The van der Waals surface area contributed by atoms with Gasteiger partial charge in [0.1, 0.15) is 6.54 Å². The molecule has 0 unspecified atom stereocenters. The average Bonchev–Trinajstić information content (AvgIpc) is 2.00. The minimum absolute atomic E-state index is 0.300. The van der Waals surface area contributed by atoms with Crippen LogP contribution < -0.4 is 5.32 Å². The van der Waals surface area contributed by atoms with E-state index in [1.807, 2.05) is 6.92 Å². The zero-order valence-electron chi connectivity index (χ0n) is 7.45. The molecule has 0 spiro atoms. The smallest absolute Gasteiger partial charge is 0.375 e. The SMILES string of the molecule is Cc1ccc(NCC(F)(F)F)c(Cl)c1. The Hall–Kier alpha value is -0.900. The molecule has 0 saturated heterocycles. The van der Waals surface area contributed by atoms with Crippen LogP contribution in [-0.2, 0) is 0 Å². The van der Waals surface area contributed by atoms with E-state index in [2.05, 4.69) is 5.32 Å². The maximum atomic E-state index is 11.8. The fourth-order valence-corrected chi connectivity index (χ4v) is 1.26. The van der Waals surface area contributed by atoms with Crippen LogP contribution in [0.5, 0.6) is 0 Å². The maximum absolute atomic E-state index is 11.8. The Bertz CT molecular complexity index is 322. The van der Waals surface area contributed by atoms with Crippen molar-refractivity contribution in [3.05, 3.63) is 28.8 Å². The molecule has 0 bridgehead atoms. The summed E-state index contributed by atoms with van der Waals surface area (Å²) in [7, 11) is 0. The summed E-state index contributed by atoms with van der Waals surface area (Å²) in [5.74, 6) is 0. The predicted octanol–water partition coefficient (Wildman–Crippen LogP) is 3.62. The van der Waals surface area contributed by atoms with E-state index >= 15 is 0 Å². The third-order valence-corrected chi connectivity index (χ3v) is 1.92. The zero-order chi connectivity index (χ0) is 10.8. The van der Waals surface area contributed by atoms with Gasteiger partial charge in [-0.3, -0.25) is 0 Å². The van der Waals surface area contributed by atoms with Gasteiger partial charge in [0.2, 0.25) is 0 Å². The van der Waals surface area contributed by atoms with Crippen LogP contribution in [0.2, 0.25) is 5.02 Å². The van der Waals surface area contributed by atoms with Crippen molar-refractivity contribution in [2.45, 2.75) is 13.1 Å². The van der Waals surface area contributed by atoms with Crippen molar-refractivity contribution in [2.24, 2.45) is 0 Å². The highest BCUT2D eigenvalue weighted by Gasteiger charge is 2.26. The van der Waals surface area contributed by atoms with Crippen LogP contribution in [0.3, 0.4) is 0 Å². The Kier molecular flexibility index (Phi) is 3.26. The molecule has 78 valence electrons. The highest BCUT2D eigenvalue weighted by Crippen LogP contribution is 2.24. The second-order valence-corrected chi connectivity index (χ2v) is 3.36. The van der Waals surface area contributed by atoms with Crippen LogP contribution in [0.25, 0.3) is 0 Å². The summed E-state index contributed by atoms with van der Waals surface area (Å²) in [6.45, 7) is 0.745. The first kappa shape index (κ1) is 11.2. The molecule has 0 fully saturated rings. The van der Waals surface area contributed by atoms with Gasteiger partial charge >= 0.3 is 6.18 Å². The molecule has 1 N–H and O–H groups in total. The molecule has 0 aromatic heterocycles. The molecule has 0 amide bonds. The second-order valence-electron chi connectivity index (χ2n) is 2.95. The molecule has 1 nitrogen and oxygen atoms in total. The fourth-order valence-electron chi connectivity index (χ4n) is 0.959. The van der Waals surface area contributed by atoms with Crippen LogP contribution >= 0.6 is 11.6 Å². The minimum atomic E-state index is -4.23. The van der Waals surface area contributed by atoms with Crippen molar-refractivity contribution in [3.8, 4) is 0 Å². The van der Waals surface area contributed by atoms with Gasteiger partial charge in [-0.25, -0.2) is 0 Å². The van der Waals surface area contributed by atoms with Crippen LogP contribution in [0.4, 0.5) is 18.9 Å². The molecule has 1 rings (SSSR count). The van der Waals surface area contributed by atoms with Crippen molar-refractivity contribution in [2.75, 3.05) is 11.9 Å². The number of halogens is 4. The summed E-state index contributed by atoms with van der Waals surface area (Å²) in [5.41, 5.74) is 1.21. The fraction of sp³-hybridized carbons (Fsp3) is 0.333. The van der Waals surface area contributed by atoms with Gasteiger partial charge in [-0.05, 0) is 24.6 Å². The van der Waals surface area contributed by atoms with E-state index in [1.165, 1.54) is 6.07 Å². The highest BCUT2D eigenvalue weighted by molar-refractivity contribution is 6.33. The lowest BCUT2D eigenvalue weighted by Crippen LogP contribution is -2.21. The van der Waals surface area contributed by atoms with Crippen molar-refractivity contribution in [3.63, 3.8) is 0 Å². The number of aryl methyl sites for hydroxylation is 1. The third kappa shape index (κ3) is 3.46. The monoisotopic (exact) mass is 223 g/mol. The lowest BCUT2D eigenvalue weighted by atomic mass is 10.2. The van der Waals surface area contributed by atoms with Crippen LogP contribution in [-0.4, -0.2) is 12.7 Å². The quantitative estimate of drug-likeness (QED) is 0.808. The van der Waals surface area contributed by atoms with Crippen molar-refractivity contribution < 1.29 is 13.2 Å². The van der Waals surface area contributed by atoms with Crippen molar-refractivity contribution in [1.29, 1.82) is 0 Å². The molecule has 0 saturated carbocycles. The minimum Gasteiger partial charge on any atom is -0.375 e. The molecular weight excluding hydrogens is 215 g/mol. The highest BCUT2D eigenvalue weighted by atomic mass is 35.5. The molecule has 0 radical (unpaired) electrons. The van der Waals surface area contributed by atoms with Crippen LogP contribution in [0.15, 0.2) is 18.2 Å². The van der Waals surface area contributed by atoms with Crippen LogP contribution in [0, 0.1) is 6.92 Å². The second kappa shape index (κ2) is 4.09. The molecule has 0 aliphatic heterocycles. The third-order valence-electron chi connectivity index (χ3n) is 1.60. The zero-order valence-corrected chi connectivity index (χ0v) is 8.21. The Morgan fingerprint density at radius 1 is 1.36 bits per heavy atom. The normalized spacial score (nSPS) is 11.5. The van der Waals surface area contributed by atoms with Gasteiger partial charge in [0.05, 0.1) is 10.7 Å². The summed E-state index contributed by atoms with van der Waals surface area (Å²) in [6, 6.07) is 4.84. The van der Waals surface area contributed by atoms with Gasteiger partial charge in [0, 0.05) is 0 Å². The summed E-state index contributed by atoms with van der Waals surface area (Å²) in [6.07, 6.45) is -4.23. The molecule has 1 aromatic carbocycles. The van der Waals surface area contributed by atoms with Crippen LogP contribution in [0.1, 0.15) is 5.56 Å². The van der Waals surface area contributed by atoms with Gasteiger partial charge in [0.15, 0.2) is 0 Å². The largest absolute Gasteiger partial charge is 0.405 e. The summed E-state index contributed by atoms with van der Waals surface area (Å²) >= 11 is 5.73. The number of alkyl halides is 3. The van der Waals surface area contributed by atoms with Gasteiger partial charge in [-0.1, -0.05) is 17.7 Å². The van der Waals surface area contributed by atoms with Crippen molar-refractivity contribution in [1.82, 2.24) is 0 Å². The number of nitrogens with one attached hydrogen (secondary N) is 1. The summed E-state index contributed by atoms with van der Waals surface area (Å²) < 4.78 is 35.5. The lowest BCUT2D eigenvalue weighted by molar-refractivity contribution is -0.115. The van der Waals surface area contributed by atoms with E-state index < -0.39 is 12.7 Å². The topological polar surface area (TPSA) is 12.0 Å². The maximum Gasteiger partial charge on any atom is 0.405 e. The Labute approximate surface area is 84.9 Å². The first-order chi connectivity index (χ1) is 6.38. The first-order valence-corrected chi connectivity index (χ1v) is 4.33. The van der Waals surface area contributed by atoms with Gasteiger partial charge in [-0.2, -0.15) is 13.2 Å². The van der Waals surface area contributed by atoms with E-state index in [0.717, 1.165) is 5.56 Å². The number of hydrogen-bond donors (Lipinski definition) is 1. The Balaban J connectivity index is 2.68.